The summed E-state index contributed by atoms with van der Waals surface area (Å²) in [5.41, 5.74) is 4.07. The van der Waals surface area contributed by atoms with Gasteiger partial charge < -0.3 is 0 Å². The van der Waals surface area contributed by atoms with Crippen LogP contribution in [0.15, 0.2) is 29.8 Å². The molecule has 0 unspecified atom stereocenters. The lowest BCUT2D eigenvalue weighted by molar-refractivity contribution is 0.794. The molecule has 0 amide bonds. The Balaban J connectivity index is 2.17. The van der Waals surface area contributed by atoms with Gasteiger partial charge in [-0.05, 0) is 29.7 Å². The van der Waals surface area contributed by atoms with Gasteiger partial charge in [-0.3, -0.25) is 0 Å². The molecule has 0 aliphatic heterocycles. The van der Waals surface area contributed by atoms with Gasteiger partial charge in [-0.2, -0.15) is 10.5 Å². The first-order chi connectivity index (χ1) is 7.33. The zero-order chi connectivity index (χ0) is 10.4. The highest BCUT2D eigenvalue weighted by Crippen LogP contribution is 2.52. The number of fused-ring (bicyclic) bond motifs is 5. The minimum atomic E-state index is 0.253. The van der Waals surface area contributed by atoms with Crippen molar-refractivity contribution in [1.29, 1.82) is 10.5 Å². The van der Waals surface area contributed by atoms with Crippen molar-refractivity contribution in [2.75, 3.05) is 0 Å². The van der Waals surface area contributed by atoms with E-state index in [4.69, 9.17) is 10.5 Å². The van der Waals surface area contributed by atoms with E-state index in [1.807, 2.05) is 18.2 Å². The summed E-state index contributed by atoms with van der Waals surface area (Å²) in [4.78, 5) is 0. The molecule has 1 aromatic rings. The van der Waals surface area contributed by atoms with Crippen LogP contribution in [0.1, 0.15) is 34.9 Å². The molecule has 1 aromatic carbocycles. The molecule has 2 atom stereocenters. The van der Waals surface area contributed by atoms with Crippen molar-refractivity contribution >= 4 is 0 Å². The number of nitriles is 2. The quantitative estimate of drug-likeness (QED) is 0.634. The fourth-order valence-electron chi connectivity index (χ4n) is 2.69. The highest BCUT2D eigenvalue weighted by Gasteiger charge is 2.37. The lowest BCUT2D eigenvalue weighted by atomic mass is 9.90. The Bertz CT molecular complexity index is 555. The van der Waals surface area contributed by atoms with Gasteiger partial charge in [0.25, 0.3) is 0 Å². The molecule has 2 aliphatic rings. The van der Waals surface area contributed by atoms with Gasteiger partial charge in [-0.15, -0.1) is 0 Å². The molecule has 0 heterocycles. The molecule has 0 N–H and O–H groups in total. The Hall–Kier alpha value is -2.06. The number of hydrogen-bond acceptors (Lipinski definition) is 2. The van der Waals surface area contributed by atoms with E-state index < -0.39 is 0 Å². The fraction of sp³-hybridized carbons (Fsp3) is 0.231. The average Bonchev–Trinajstić information content (AvgIpc) is 2.86. The van der Waals surface area contributed by atoms with E-state index >= 15 is 0 Å². The molecular formula is C13H8N2. The van der Waals surface area contributed by atoms with Gasteiger partial charge >= 0.3 is 0 Å². The summed E-state index contributed by atoms with van der Waals surface area (Å²) in [7, 11) is 0. The largest absolute Gasteiger partial charge is 0.193 e. The zero-order valence-electron chi connectivity index (χ0n) is 8.07. The zero-order valence-corrected chi connectivity index (χ0v) is 8.07. The summed E-state index contributed by atoms with van der Waals surface area (Å²) in [5.74, 6) is 0.663. The van der Waals surface area contributed by atoms with Crippen LogP contribution < -0.4 is 0 Å². The highest BCUT2D eigenvalue weighted by atomic mass is 14.4. The monoisotopic (exact) mass is 192 g/mol. The molecule has 0 saturated carbocycles. The molecule has 2 nitrogen and oxygen atoms in total. The fourth-order valence-corrected chi connectivity index (χ4v) is 2.69. The Morgan fingerprint density at radius 1 is 1.13 bits per heavy atom. The molecule has 15 heavy (non-hydrogen) atoms. The smallest absolute Gasteiger partial charge is 0.0991 e. The van der Waals surface area contributed by atoms with Gasteiger partial charge in [-0.1, -0.05) is 12.1 Å². The van der Waals surface area contributed by atoms with Crippen molar-refractivity contribution in [3.05, 3.63) is 46.5 Å². The number of nitrogens with zero attached hydrogens (tertiary/aromatic N) is 2. The SMILES string of the molecule is N#CC1=C[C@@H]2C[C@@H]1c1cc(C#N)ccc12. The molecule has 2 bridgehead atoms. The average molecular weight is 192 g/mol. The van der Waals surface area contributed by atoms with Crippen molar-refractivity contribution in [3.63, 3.8) is 0 Å². The molecule has 0 fully saturated rings. The van der Waals surface area contributed by atoms with Crippen LogP contribution in [-0.4, -0.2) is 0 Å². The molecule has 0 spiro atoms. The summed E-state index contributed by atoms with van der Waals surface area (Å²) < 4.78 is 0. The third-order valence-electron chi connectivity index (χ3n) is 3.37. The van der Waals surface area contributed by atoms with Gasteiger partial charge in [0.1, 0.15) is 0 Å². The molecule has 70 valence electrons. The molecular weight excluding hydrogens is 184 g/mol. The van der Waals surface area contributed by atoms with Crippen molar-refractivity contribution in [2.45, 2.75) is 18.3 Å². The number of benzene rings is 1. The lowest BCUT2D eigenvalue weighted by Gasteiger charge is -2.12. The van der Waals surface area contributed by atoms with E-state index in [0.29, 0.717) is 11.5 Å². The maximum absolute atomic E-state index is 8.96. The third kappa shape index (κ3) is 0.966. The minimum Gasteiger partial charge on any atom is -0.193 e. The second kappa shape index (κ2) is 2.72. The number of hydrogen-bond donors (Lipinski definition) is 0. The summed E-state index contributed by atoms with van der Waals surface area (Å²) in [6.07, 6.45) is 3.09. The summed E-state index contributed by atoms with van der Waals surface area (Å²) in [6.45, 7) is 0. The third-order valence-corrected chi connectivity index (χ3v) is 3.37. The van der Waals surface area contributed by atoms with Crippen LogP contribution in [0.5, 0.6) is 0 Å². The molecule has 0 aromatic heterocycles. The number of rotatable bonds is 0. The van der Waals surface area contributed by atoms with Gasteiger partial charge in [0.15, 0.2) is 0 Å². The van der Waals surface area contributed by atoms with Crippen LogP contribution >= 0.6 is 0 Å². The second-order valence-corrected chi connectivity index (χ2v) is 4.08. The normalized spacial score (nSPS) is 25.3. The maximum Gasteiger partial charge on any atom is 0.0991 e. The molecule has 0 saturated heterocycles. The van der Waals surface area contributed by atoms with Gasteiger partial charge in [0.05, 0.1) is 17.7 Å². The van der Waals surface area contributed by atoms with Crippen LogP contribution in [0.4, 0.5) is 0 Å². The molecule has 2 aliphatic carbocycles. The Kier molecular flexibility index (Phi) is 1.50. The Morgan fingerprint density at radius 2 is 2.00 bits per heavy atom. The van der Waals surface area contributed by atoms with E-state index in [9.17, 15) is 0 Å². The van der Waals surface area contributed by atoms with E-state index in [0.717, 1.165) is 12.0 Å². The van der Waals surface area contributed by atoms with Crippen molar-refractivity contribution < 1.29 is 0 Å². The van der Waals surface area contributed by atoms with E-state index in [1.165, 1.54) is 11.1 Å². The topological polar surface area (TPSA) is 47.6 Å². The first kappa shape index (κ1) is 8.26. The minimum absolute atomic E-state index is 0.253. The van der Waals surface area contributed by atoms with Crippen LogP contribution in [-0.2, 0) is 0 Å². The second-order valence-electron chi connectivity index (χ2n) is 4.08. The standard InChI is InChI=1S/C13H8N2/c14-6-8-1-2-11-9-4-10(7-15)12(5-9)13(11)3-8/h1-4,9,12H,5H2/t9-,12+/m1/s1. The molecule has 3 rings (SSSR count). The Labute approximate surface area is 88.1 Å². The van der Waals surface area contributed by atoms with Gasteiger partial charge in [-0.25, -0.2) is 0 Å². The van der Waals surface area contributed by atoms with Crippen LogP contribution in [0, 0.1) is 22.7 Å². The molecule has 0 radical (unpaired) electrons. The van der Waals surface area contributed by atoms with Crippen molar-refractivity contribution in [1.82, 2.24) is 0 Å². The van der Waals surface area contributed by atoms with Crippen molar-refractivity contribution in [2.24, 2.45) is 0 Å². The predicted molar refractivity (Wildman–Crippen MR) is 55.0 cm³/mol. The predicted octanol–water partition coefficient (Wildman–Crippen LogP) is 2.59. The van der Waals surface area contributed by atoms with E-state index in [2.05, 4.69) is 18.2 Å². The van der Waals surface area contributed by atoms with Gasteiger partial charge in [0, 0.05) is 17.4 Å². The summed E-state index contributed by atoms with van der Waals surface area (Å²) >= 11 is 0. The van der Waals surface area contributed by atoms with E-state index in [1.54, 1.807) is 0 Å². The summed E-state index contributed by atoms with van der Waals surface area (Å²) in [6, 6.07) is 10.2. The Morgan fingerprint density at radius 3 is 2.73 bits per heavy atom. The lowest BCUT2D eigenvalue weighted by Crippen LogP contribution is -1.98. The van der Waals surface area contributed by atoms with Crippen LogP contribution in [0.25, 0.3) is 0 Å². The van der Waals surface area contributed by atoms with Crippen LogP contribution in [0.2, 0.25) is 0 Å². The summed E-state index contributed by atoms with van der Waals surface area (Å²) in [5, 5.41) is 17.8. The van der Waals surface area contributed by atoms with Gasteiger partial charge in [0.2, 0.25) is 0 Å². The molecule has 2 heteroatoms. The van der Waals surface area contributed by atoms with E-state index in [-0.39, 0.29) is 5.92 Å². The highest BCUT2D eigenvalue weighted by molar-refractivity contribution is 5.56. The first-order valence-electron chi connectivity index (χ1n) is 4.99. The maximum atomic E-state index is 8.96. The van der Waals surface area contributed by atoms with Crippen LogP contribution in [0.3, 0.4) is 0 Å². The first-order valence-corrected chi connectivity index (χ1v) is 4.99. The van der Waals surface area contributed by atoms with Crippen molar-refractivity contribution in [3.8, 4) is 12.1 Å². The number of allylic oxidation sites excluding steroid dienone is 2.